The molecule has 18 heavy (non-hydrogen) atoms. The van der Waals surface area contributed by atoms with Gasteiger partial charge in [0.05, 0.1) is 23.4 Å². The van der Waals surface area contributed by atoms with Crippen molar-refractivity contribution in [1.82, 2.24) is 9.88 Å². The summed E-state index contributed by atoms with van der Waals surface area (Å²) in [5, 5.41) is 0.640. The summed E-state index contributed by atoms with van der Waals surface area (Å²) in [6, 6.07) is 6.85. The van der Waals surface area contributed by atoms with Crippen molar-refractivity contribution < 1.29 is 4.74 Å². The summed E-state index contributed by atoms with van der Waals surface area (Å²) in [6.07, 6.45) is 0. The number of nitrogens with two attached hydrogens (primary N) is 1. The maximum Gasteiger partial charge on any atom is 0.181 e. The number of hydrogen-bond donors (Lipinski definition) is 1. The van der Waals surface area contributed by atoms with E-state index in [4.69, 9.17) is 10.5 Å². The van der Waals surface area contributed by atoms with Crippen LogP contribution in [0.3, 0.4) is 0 Å². The molecule has 2 N–H and O–H groups in total. The Balaban J connectivity index is 1.88. The summed E-state index contributed by atoms with van der Waals surface area (Å²) in [5.74, 6) is 0. The quantitative estimate of drug-likeness (QED) is 0.903. The predicted molar refractivity (Wildman–Crippen MR) is 74.8 cm³/mol. The van der Waals surface area contributed by atoms with E-state index in [-0.39, 0.29) is 0 Å². The summed E-state index contributed by atoms with van der Waals surface area (Å²) < 4.78 is 6.56. The zero-order valence-electron chi connectivity index (χ0n) is 10.4. The van der Waals surface area contributed by atoms with Gasteiger partial charge in [-0.15, -0.1) is 0 Å². The highest BCUT2D eigenvalue weighted by Gasteiger charge is 2.18. The third kappa shape index (κ3) is 2.21. The average molecular weight is 263 g/mol. The number of benzene rings is 1. The number of nitrogen functional groups attached to an aromatic ring is 1. The number of ether oxygens (including phenoxy) is 1. The number of rotatable bonds is 2. The van der Waals surface area contributed by atoms with E-state index >= 15 is 0 Å². The summed E-state index contributed by atoms with van der Waals surface area (Å²) in [6.45, 7) is 5.92. The molecule has 0 spiro atoms. The lowest BCUT2D eigenvalue weighted by Gasteiger charge is -2.32. The molecule has 96 valence electrons. The van der Waals surface area contributed by atoms with Crippen molar-refractivity contribution >= 4 is 26.7 Å². The fraction of sp³-hybridized carbons (Fsp3) is 0.462. The molecule has 5 heteroatoms. The predicted octanol–water partition coefficient (Wildman–Crippen LogP) is 2.27. The van der Waals surface area contributed by atoms with Gasteiger partial charge in [0.15, 0.2) is 5.13 Å². The van der Waals surface area contributed by atoms with Gasteiger partial charge in [0.2, 0.25) is 0 Å². The molecule has 1 atom stereocenters. The van der Waals surface area contributed by atoms with Crippen LogP contribution in [-0.2, 0) is 4.74 Å². The van der Waals surface area contributed by atoms with E-state index in [0.29, 0.717) is 11.2 Å². The number of nitrogens with zero attached hydrogens (tertiary/aromatic N) is 2. The van der Waals surface area contributed by atoms with Gasteiger partial charge in [-0.05, 0) is 24.6 Å². The topological polar surface area (TPSA) is 51.4 Å². The van der Waals surface area contributed by atoms with Gasteiger partial charge in [-0.25, -0.2) is 4.98 Å². The summed E-state index contributed by atoms with van der Waals surface area (Å²) >= 11 is 1.55. The van der Waals surface area contributed by atoms with Crippen LogP contribution in [0.1, 0.15) is 18.5 Å². The van der Waals surface area contributed by atoms with Crippen LogP contribution in [0.15, 0.2) is 18.2 Å². The Bertz CT molecular complexity index is 548. The van der Waals surface area contributed by atoms with Crippen molar-refractivity contribution in [2.75, 3.05) is 32.0 Å². The molecule has 1 aromatic carbocycles. The zero-order chi connectivity index (χ0) is 12.5. The van der Waals surface area contributed by atoms with Crippen LogP contribution < -0.4 is 5.73 Å². The van der Waals surface area contributed by atoms with Crippen molar-refractivity contribution in [2.45, 2.75) is 13.0 Å². The van der Waals surface area contributed by atoms with Gasteiger partial charge in [0.25, 0.3) is 0 Å². The van der Waals surface area contributed by atoms with E-state index < -0.39 is 0 Å². The molecule has 4 nitrogen and oxygen atoms in total. The first kappa shape index (κ1) is 11.9. The zero-order valence-corrected chi connectivity index (χ0v) is 11.2. The Labute approximate surface area is 110 Å². The number of hydrogen-bond acceptors (Lipinski definition) is 5. The second-order valence-electron chi connectivity index (χ2n) is 4.60. The van der Waals surface area contributed by atoms with Gasteiger partial charge in [0, 0.05) is 19.1 Å². The first-order valence-electron chi connectivity index (χ1n) is 6.22. The molecule has 0 aliphatic carbocycles. The number of fused-ring (bicyclic) bond motifs is 1. The molecule has 1 saturated heterocycles. The highest BCUT2D eigenvalue weighted by molar-refractivity contribution is 7.22. The minimum absolute atomic E-state index is 0.418. The van der Waals surface area contributed by atoms with Crippen molar-refractivity contribution in [3.8, 4) is 0 Å². The Morgan fingerprint density at radius 1 is 1.39 bits per heavy atom. The van der Waals surface area contributed by atoms with Crippen molar-refractivity contribution in [3.63, 3.8) is 0 Å². The normalized spacial score (nSPS) is 19.2. The molecule has 3 rings (SSSR count). The van der Waals surface area contributed by atoms with Crippen molar-refractivity contribution in [3.05, 3.63) is 23.8 Å². The number of aromatic nitrogens is 1. The van der Waals surface area contributed by atoms with Gasteiger partial charge in [-0.3, -0.25) is 4.90 Å². The first-order valence-corrected chi connectivity index (χ1v) is 7.03. The molecular formula is C13H17N3OS. The van der Waals surface area contributed by atoms with E-state index in [1.54, 1.807) is 11.3 Å². The third-order valence-corrected chi connectivity index (χ3v) is 4.35. The van der Waals surface area contributed by atoms with Gasteiger partial charge in [-0.1, -0.05) is 17.4 Å². The number of thiazole rings is 1. The smallest absolute Gasteiger partial charge is 0.181 e. The average Bonchev–Trinajstić information content (AvgIpc) is 2.78. The molecule has 2 heterocycles. The van der Waals surface area contributed by atoms with Crippen LogP contribution in [0, 0.1) is 0 Å². The first-order chi connectivity index (χ1) is 8.74. The van der Waals surface area contributed by atoms with E-state index in [0.717, 1.165) is 31.8 Å². The Morgan fingerprint density at radius 2 is 2.17 bits per heavy atom. The van der Waals surface area contributed by atoms with Crippen LogP contribution in [0.4, 0.5) is 5.13 Å². The molecule has 1 aliphatic heterocycles. The Hall–Kier alpha value is -1.17. The van der Waals surface area contributed by atoms with Crippen LogP contribution in [0.2, 0.25) is 0 Å². The molecule has 0 saturated carbocycles. The van der Waals surface area contributed by atoms with E-state index in [1.165, 1.54) is 10.3 Å². The summed E-state index contributed by atoms with van der Waals surface area (Å²) in [5.41, 5.74) is 8.06. The van der Waals surface area contributed by atoms with E-state index in [2.05, 4.69) is 35.0 Å². The maximum atomic E-state index is 5.74. The second kappa shape index (κ2) is 4.84. The Morgan fingerprint density at radius 3 is 2.94 bits per heavy atom. The number of morpholine rings is 1. The lowest BCUT2D eigenvalue weighted by molar-refractivity contribution is 0.0199. The van der Waals surface area contributed by atoms with Gasteiger partial charge < -0.3 is 10.5 Å². The largest absolute Gasteiger partial charge is 0.379 e. The monoisotopic (exact) mass is 263 g/mol. The van der Waals surface area contributed by atoms with Crippen molar-refractivity contribution in [2.24, 2.45) is 0 Å². The third-order valence-electron chi connectivity index (χ3n) is 3.50. The second-order valence-corrected chi connectivity index (χ2v) is 5.67. The minimum Gasteiger partial charge on any atom is -0.379 e. The van der Waals surface area contributed by atoms with E-state index in [1.807, 2.05) is 0 Å². The Kier molecular flexibility index (Phi) is 3.20. The standard InChI is InChI=1S/C13H17N3OS/c1-9(16-4-6-17-7-5-16)10-2-3-11-12(8-10)18-13(14)15-11/h2-3,8-9H,4-7H2,1H3,(H2,14,15). The molecule has 1 aromatic heterocycles. The maximum absolute atomic E-state index is 5.74. The fourth-order valence-electron chi connectivity index (χ4n) is 2.39. The molecule has 2 aromatic rings. The van der Waals surface area contributed by atoms with Gasteiger partial charge >= 0.3 is 0 Å². The molecule has 0 amide bonds. The van der Waals surface area contributed by atoms with E-state index in [9.17, 15) is 0 Å². The lowest BCUT2D eigenvalue weighted by Crippen LogP contribution is -2.37. The molecule has 0 bridgehead atoms. The van der Waals surface area contributed by atoms with Crippen molar-refractivity contribution in [1.29, 1.82) is 0 Å². The molecular weight excluding hydrogens is 246 g/mol. The molecule has 1 fully saturated rings. The van der Waals surface area contributed by atoms with Crippen LogP contribution in [-0.4, -0.2) is 36.2 Å². The van der Waals surface area contributed by atoms with Crippen LogP contribution in [0.5, 0.6) is 0 Å². The molecule has 1 unspecified atom stereocenters. The fourth-order valence-corrected chi connectivity index (χ4v) is 3.18. The summed E-state index contributed by atoms with van der Waals surface area (Å²) in [7, 11) is 0. The van der Waals surface area contributed by atoms with Gasteiger partial charge in [-0.2, -0.15) is 0 Å². The molecule has 0 radical (unpaired) electrons. The lowest BCUT2D eigenvalue weighted by atomic mass is 10.1. The minimum atomic E-state index is 0.418. The highest BCUT2D eigenvalue weighted by atomic mass is 32.1. The van der Waals surface area contributed by atoms with Crippen LogP contribution in [0.25, 0.3) is 10.2 Å². The SMILES string of the molecule is CC(c1ccc2nc(N)sc2c1)N1CCOCC1. The number of anilines is 1. The molecule has 1 aliphatic rings. The highest BCUT2D eigenvalue weighted by Crippen LogP contribution is 2.29. The van der Waals surface area contributed by atoms with Crippen LogP contribution >= 0.6 is 11.3 Å². The van der Waals surface area contributed by atoms with Gasteiger partial charge in [0.1, 0.15) is 0 Å². The summed E-state index contributed by atoms with van der Waals surface area (Å²) in [4.78, 5) is 6.74.